The highest BCUT2D eigenvalue weighted by atomic mass is 35.5. The van der Waals surface area contributed by atoms with Crippen LogP contribution in [-0.4, -0.2) is 52.8 Å². The third-order valence-corrected chi connectivity index (χ3v) is 6.39. The van der Waals surface area contributed by atoms with Crippen molar-refractivity contribution in [2.45, 2.75) is 40.2 Å². The zero-order chi connectivity index (χ0) is 23.4. The van der Waals surface area contributed by atoms with Gasteiger partial charge >= 0.3 is 0 Å². The number of hydrogen-bond acceptors (Lipinski definition) is 4. The van der Waals surface area contributed by atoms with Gasteiger partial charge in [-0.1, -0.05) is 55.3 Å². The third-order valence-electron chi connectivity index (χ3n) is 6.14. The molecule has 0 aliphatic carbocycles. The molecule has 1 N–H and O–H groups in total. The van der Waals surface area contributed by atoms with Crippen molar-refractivity contribution in [2.24, 2.45) is 0 Å². The predicted octanol–water partition coefficient (Wildman–Crippen LogP) is 5.11. The molecule has 3 rings (SSSR count). The number of carbonyl (C=O) groups is 2. The number of halogens is 1. The fraction of sp³-hybridized carbons (Fsp3) is 0.385. The van der Waals surface area contributed by atoms with Crippen LogP contribution in [0.2, 0.25) is 5.02 Å². The Morgan fingerprint density at radius 2 is 1.72 bits per heavy atom. The monoisotopic (exact) mass is 454 g/mol. The number of nitrogens with zero attached hydrogens (tertiary/aromatic N) is 2. The smallest absolute Gasteiger partial charge is 0.295 e. The van der Waals surface area contributed by atoms with Crippen molar-refractivity contribution in [2.75, 3.05) is 26.2 Å². The summed E-state index contributed by atoms with van der Waals surface area (Å²) in [7, 11) is 0. The van der Waals surface area contributed by atoms with E-state index in [0.717, 1.165) is 42.7 Å². The minimum Gasteiger partial charge on any atom is -0.507 e. The zero-order valence-electron chi connectivity index (χ0n) is 19.2. The first-order chi connectivity index (χ1) is 15.3. The molecule has 1 fully saturated rings. The Bertz CT molecular complexity index is 1030. The average molecular weight is 455 g/mol. The Kier molecular flexibility index (Phi) is 7.75. The van der Waals surface area contributed by atoms with E-state index in [1.54, 1.807) is 17.0 Å². The molecule has 1 amide bonds. The summed E-state index contributed by atoms with van der Waals surface area (Å²) in [5, 5.41) is 11.8. The SMILES string of the molecule is CCN(CC)CCCN1C(=O)C(=O)/C(=C(/O)c2cc(C)ccc2C)C1c1ccc(Cl)cc1. The summed E-state index contributed by atoms with van der Waals surface area (Å²) < 4.78 is 0. The summed E-state index contributed by atoms with van der Waals surface area (Å²) in [6.45, 7) is 11.1. The Morgan fingerprint density at radius 3 is 2.34 bits per heavy atom. The molecule has 5 nitrogen and oxygen atoms in total. The molecule has 0 saturated carbocycles. The van der Waals surface area contributed by atoms with Gasteiger partial charge in [-0.05, 0) is 69.2 Å². The maximum absolute atomic E-state index is 13.1. The zero-order valence-corrected chi connectivity index (χ0v) is 19.9. The molecular weight excluding hydrogens is 424 g/mol. The predicted molar refractivity (Wildman–Crippen MR) is 129 cm³/mol. The Labute approximate surface area is 195 Å². The maximum Gasteiger partial charge on any atom is 0.295 e. The van der Waals surface area contributed by atoms with Crippen molar-refractivity contribution >= 4 is 29.1 Å². The third kappa shape index (κ3) is 4.89. The number of aliphatic hydroxyl groups is 1. The molecule has 1 unspecified atom stereocenters. The summed E-state index contributed by atoms with van der Waals surface area (Å²) in [6.07, 6.45) is 0.738. The highest BCUT2D eigenvalue weighted by Crippen LogP contribution is 2.40. The Hall–Kier alpha value is -2.63. The molecule has 1 heterocycles. The number of aliphatic hydroxyl groups excluding tert-OH is 1. The average Bonchev–Trinajstić information content (AvgIpc) is 3.03. The molecule has 0 aromatic heterocycles. The maximum atomic E-state index is 13.1. The van der Waals surface area contributed by atoms with Gasteiger partial charge in [-0.25, -0.2) is 0 Å². The lowest BCUT2D eigenvalue weighted by molar-refractivity contribution is -0.140. The highest BCUT2D eigenvalue weighted by molar-refractivity contribution is 6.46. The number of likely N-dealkylation sites (tertiary alicyclic amines) is 1. The molecule has 0 spiro atoms. The van der Waals surface area contributed by atoms with Gasteiger partial charge in [0.2, 0.25) is 0 Å². The van der Waals surface area contributed by atoms with Crippen LogP contribution < -0.4 is 0 Å². The standard InChI is InChI=1S/C26H31ClN2O3/c1-5-28(6-2)14-7-15-29-23(19-10-12-20(27)13-11-19)22(25(31)26(29)32)24(30)21-16-17(3)8-9-18(21)4/h8-13,16,23,30H,5-7,14-15H2,1-4H3/b24-22+. The van der Waals surface area contributed by atoms with Gasteiger partial charge in [-0.15, -0.1) is 0 Å². The van der Waals surface area contributed by atoms with Crippen molar-refractivity contribution in [3.05, 3.63) is 75.3 Å². The van der Waals surface area contributed by atoms with E-state index in [4.69, 9.17) is 11.6 Å². The van der Waals surface area contributed by atoms with Crippen LogP contribution in [0.4, 0.5) is 0 Å². The fourth-order valence-corrected chi connectivity index (χ4v) is 4.37. The van der Waals surface area contributed by atoms with E-state index in [0.29, 0.717) is 17.1 Å². The molecule has 1 saturated heterocycles. The molecule has 1 aliphatic rings. The van der Waals surface area contributed by atoms with Crippen molar-refractivity contribution in [3.8, 4) is 0 Å². The van der Waals surface area contributed by atoms with Crippen LogP contribution in [0.3, 0.4) is 0 Å². The largest absolute Gasteiger partial charge is 0.507 e. The molecule has 2 aromatic carbocycles. The molecule has 6 heteroatoms. The highest BCUT2D eigenvalue weighted by Gasteiger charge is 2.45. The van der Waals surface area contributed by atoms with Gasteiger partial charge in [-0.3, -0.25) is 9.59 Å². The molecule has 170 valence electrons. The second-order valence-electron chi connectivity index (χ2n) is 8.24. The lowest BCUT2D eigenvalue weighted by Crippen LogP contribution is -2.33. The van der Waals surface area contributed by atoms with Gasteiger partial charge in [0.1, 0.15) is 5.76 Å². The van der Waals surface area contributed by atoms with E-state index in [2.05, 4.69) is 18.7 Å². The summed E-state index contributed by atoms with van der Waals surface area (Å²) in [6, 6.07) is 12.2. The topological polar surface area (TPSA) is 60.9 Å². The molecule has 1 atom stereocenters. The molecular formula is C26H31ClN2O3. The summed E-state index contributed by atoms with van der Waals surface area (Å²) >= 11 is 6.08. The van der Waals surface area contributed by atoms with Gasteiger partial charge in [0, 0.05) is 17.1 Å². The summed E-state index contributed by atoms with van der Waals surface area (Å²) in [5.41, 5.74) is 3.27. The van der Waals surface area contributed by atoms with E-state index < -0.39 is 17.7 Å². The van der Waals surface area contributed by atoms with Crippen LogP contribution in [0.1, 0.15) is 48.6 Å². The van der Waals surface area contributed by atoms with Crippen LogP contribution in [0.5, 0.6) is 0 Å². The van der Waals surface area contributed by atoms with Gasteiger partial charge in [-0.2, -0.15) is 0 Å². The van der Waals surface area contributed by atoms with E-state index in [-0.39, 0.29) is 11.3 Å². The van der Waals surface area contributed by atoms with Crippen LogP contribution in [-0.2, 0) is 9.59 Å². The van der Waals surface area contributed by atoms with Crippen LogP contribution in [0.15, 0.2) is 48.0 Å². The first kappa shape index (κ1) is 24.0. The van der Waals surface area contributed by atoms with Crippen molar-refractivity contribution in [1.82, 2.24) is 9.80 Å². The van der Waals surface area contributed by atoms with Gasteiger partial charge < -0.3 is 14.9 Å². The number of Topliss-reactive ketones (excluding diaryl/α,β-unsaturated/α-hetero) is 1. The molecule has 1 aliphatic heterocycles. The number of ketones is 1. The fourth-order valence-electron chi connectivity index (χ4n) is 4.24. The molecule has 0 radical (unpaired) electrons. The van der Waals surface area contributed by atoms with Crippen LogP contribution in [0, 0.1) is 13.8 Å². The number of benzene rings is 2. The minimum absolute atomic E-state index is 0.129. The van der Waals surface area contributed by atoms with Gasteiger partial charge in [0.05, 0.1) is 11.6 Å². The number of aryl methyl sites for hydroxylation is 2. The van der Waals surface area contributed by atoms with E-state index in [1.807, 2.05) is 44.2 Å². The van der Waals surface area contributed by atoms with Crippen molar-refractivity contribution in [3.63, 3.8) is 0 Å². The normalized spacial score (nSPS) is 18.1. The molecule has 32 heavy (non-hydrogen) atoms. The van der Waals surface area contributed by atoms with Crippen molar-refractivity contribution in [1.29, 1.82) is 0 Å². The quantitative estimate of drug-likeness (QED) is 0.342. The number of amides is 1. The number of carbonyl (C=O) groups excluding carboxylic acids is 2. The van der Waals surface area contributed by atoms with Gasteiger partial charge in [0.15, 0.2) is 0 Å². The minimum atomic E-state index is -0.649. The first-order valence-electron chi connectivity index (χ1n) is 11.1. The Balaban J connectivity index is 2.06. The molecule has 0 bridgehead atoms. The van der Waals surface area contributed by atoms with E-state index in [9.17, 15) is 14.7 Å². The second kappa shape index (κ2) is 10.3. The van der Waals surface area contributed by atoms with Crippen LogP contribution in [0.25, 0.3) is 5.76 Å². The van der Waals surface area contributed by atoms with E-state index >= 15 is 0 Å². The summed E-state index contributed by atoms with van der Waals surface area (Å²) in [4.78, 5) is 30.1. The summed E-state index contributed by atoms with van der Waals surface area (Å²) in [5.74, 6) is -1.35. The van der Waals surface area contributed by atoms with Gasteiger partial charge in [0.25, 0.3) is 11.7 Å². The lowest BCUT2D eigenvalue weighted by atomic mass is 9.93. The van der Waals surface area contributed by atoms with Crippen LogP contribution >= 0.6 is 11.6 Å². The van der Waals surface area contributed by atoms with E-state index in [1.165, 1.54) is 0 Å². The van der Waals surface area contributed by atoms with Crippen molar-refractivity contribution < 1.29 is 14.7 Å². The Morgan fingerprint density at radius 1 is 1.06 bits per heavy atom. The lowest BCUT2D eigenvalue weighted by Gasteiger charge is -2.27. The second-order valence-corrected chi connectivity index (χ2v) is 8.68. The number of rotatable bonds is 8. The first-order valence-corrected chi connectivity index (χ1v) is 11.5. The molecule has 2 aromatic rings. The number of hydrogen-bond donors (Lipinski definition) is 1.